The van der Waals surface area contributed by atoms with E-state index in [1.165, 1.54) is 10.9 Å². The molecule has 0 aliphatic heterocycles. The van der Waals surface area contributed by atoms with Crippen LogP contribution in [0.2, 0.25) is 0 Å². The molecule has 2 rings (SSSR count). The number of rotatable bonds is 3. The highest BCUT2D eigenvalue weighted by atomic mass is 79.9. The van der Waals surface area contributed by atoms with Crippen molar-refractivity contribution in [3.05, 3.63) is 33.9 Å². The lowest BCUT2D eigenvalue weighted by atomic mass is 10.1. The van der Waals surface area contributed by atoms with E-state index in [-0.39, 0.29) is 6.09 Å². The van der Waals surface area contributed by atoms with E-state index in [1.807, 2.05) is 32.9 Å². The Morgan fingerprint density at radius 1 is 1.38 bits per heavy atom. The minimum Gasteiger partial charge on any atom is -0.444 e. The molecule has 1 aromatic carbocycles. The molecule has 0 spiro atoms. The van der Waals surface area contributed by atoms with Gasteiger partial charge in [0.15, 0.2) is 0 Å². The lowest BCUT2D eigenvalue weighted by Crippen LogP contribution is -2.33. The molecular formula is C16H21BrN2O2. The van der Waals surface area contributed by atoms with Gasteiger partial charge in [-0.2, -0.15) is 0 Å². The molecule has 0 atom stereocenters. The van der Waals surface area contributed by atoms with Gasteiger partial charge in [0, 0.05) is 27.6 Å². The Kier molecular flexibility index (Phi) is 4.61. The van der Waals surface area contributed by atoms with Gasteiger partial charge in [-0.1, -0.05) is 22.0 Å². The number of H-pyrrole nitrogens is 1. The lowest BCUT2D eigenvalue weighted by Gasteiger charge is -2.19. The Morgan fingerprint density at radius 3 is 2.76 bits per heavy atom. The van der Waals surface area contributed by atoms with E-state index in [2.05, 4.69) is 39.2 Å². The summed E-state index contributed by atoms with van der Waals surface area (Å²) < 4.78 is 6.30. The summed E-state index contributed by atoms with van der Waals surface area (Å²) in [6, 6.07) is 6.09. The number of amides is 1. The number of ether oxygens (including phenoxy) is 1. The van der Waals surface area contributed by atoms with Gasteiger partial charge in [0.2, 0.25) is 0 Å². The fraction of sp³-hybridized carbons (Fsp3) is 0.438. The number of hydrogen-bond acceptors (Lipinski definition) is 2. The number of halogens is 1. The second kappa shape index (κ2) is 6.10. The van der Waals surface area contributed by atoms with Crippen molar-refractivity contribution in [2.24, 2.45) is 0 Å². The number of aryl methyl sites for hydroxylation is 1. The minimum atomic E-state index is -0.468. The predicted octanol–water partition coefficient (Wildman–Crippen LogP) is 4.31. The van der Waals surface area contributed by atoms with Crippen LogP contribution >= 0.6 is 15.9 Å². The van der Waals surface area contributed by atoms with Crippen LogP contribution in [0.4, 0.5) is 4.79 Å². The number of hydrogen-bond donors (Lipinski definition) is 2. The van der Waals surface area contributed by atoms with Crippen molar-refractivity contribution < 1.29 is 9.53 Å². The molecule has 0 fully saturated rings. The standard InChI is InChI=1S/C16H21BrN2O2/c1-10-11(8-9-18-15(20)21-16(2,3)4)14-12(17)6-5-7-13(14)19-10/h5-7,19H,8-9H2,1-4H3,(H,18,20). The van der Waals surface area contributed by atoms with Crippen molar-refractivity contribution in [3.63, 3.8) is 0 Å². The van der Waals surface area contributed by atoms with Crippen LogP contribution in [0.3, 0.4) is 0 Å². The number of aromatic nitrogens is 1. The smallest absolute Gasteiger partial charge is 0.407 e. The average Bonchev–Trinajstić information content (AvgIpc) is 2.65. The van der Waals surface area contributed by atoms with Crippen LogP contribution in [0.1, 0.15) is 32.0 Å². The Hall–Kier alpha value is -1.49. The van der Waals surface area contributed by atoms with Gasteiger partial charge in [0.25, 0.3) is 0 Å². The molecule has 0 aliphatic carbocycles. The van der Waals surface area contributed by atoms with Crippen molar-refractivity contribution in [2.75, 3.05) is 6.54 Å². The Labute approximate surface area is 133 Å². The van der Waals surface area contributed by atoms with Gasteiger partial charge in [-0.25, -0.2) is 4.79 Å². The molecular weight excluding hydrogens is 332 g/mol. The van der Waals surface area contributed by atoms with Crippen molar-refractivity contribution in [2.45, 2.75) is 39.7 Å². The number of nitrogens with one attached hydrogen (secondary N) is 2. The fourth-order valence-corrected chi connectivity index (χ4v) is 2.92. The largest absolute Gasteiger partial charge is 0.444 e. The zero-order valence-corrected chi connectivity index (χ0v) is 14.4. The molecule has 114 valence electrons. The molecule has 1 heterocycles. The molecule has 0 unspecified atom stereocenters. The van der Waals surface area contributed by atoms with Crippen LogP contribution in [0, 0.1) is 6.92 Å². The van der Waals surface area contributed by atoms with E-state index in [9.17, 15) is 4.79 Å². The normalized spacial score (nSPS) is 11.7. The summed E-state index contributed by atoms with van der Waals surface area (Å²) in [5.74, 6) is 0. The molecule has 0 saturated carbocycles. The fourth-order valence-electron chi connectivity index (χ4n) is 2.32. The number of alkyl carbamates (subject to hydrolysis) is 1. The molecule has 0 radical (unpaired) electrons. The van der Waals surface area contributed by atoms with E-state index in [0.29, 0.717) is 6.54 Å². The lowest BCUT2D eigenvalue weighted by molar-refractivity contribution is 0.0528. The summed E-state index contributed by atoms with van der Waals surface area (Å²) in [5.41, 5.74) is 2.98. The Balaban J connectivity index is 2.04. The van der Waals surface area contributed by atoms with Gasteiger partial charge in [-0.05, 0) is 51.8 Å². The van der Waals surface area contributed by atoms with Crippen LogP contribution in [-0.2, 0) is 11.2 Å². The van der Waals surface area contributed by atoms with Crippen LogP contribution in [-0.4, -0.2) is 23.2 Å². The summed E-state index contributed by atoms with van der Waals surface area (Å²) in [6.07, 6.45) is 0.382. The summed E-state index contributed by atoms with van der Waals surface area (Å²) in [4.78, 5) is 15.0. The number of aromatic amines is 1. The summed E-state index contributed by atoms with van der Waals surface area (Å²) in [7, 11) is 0. The predicted molar refractivity (Wildman–Crippen MR) is 88.7 cm³/mol. The van der Waals surface area contributed by atoms with Crippen molar-refractivity contribution in [1.29, 1.82) is 0 Å². The highest BCUT2D eigenvalue weighted by molar-refractivity contribution is 9.10. The Bertz CT molecular complexity index is 656. The van der Waals surface area contributed by atoms with Gasteiger partial charge in [-0.3, -0.25) is 0 Å². The Morgan fingerprint density at radius 2 is 2.10 bits per heavy atom. The van der Waals surface area contributed by atoms with E-state index in [1.54, 1.807) is 0 Å². The second-order valence-electron chi connectivity index (χ2n) is 6.07. The number of carbonyl (C=O) groups excluding carboxylic acids is 1. The second-order valence-corrected chi connectivity index (χ2v) is 6.92. The first-order valence-electron chi connectivity index (χ1n) is 7.00. The van der Waals surface area contributed by atoms with Gasteiger partial charge in [0.05, 0.1) is 0 Å². The van der Waals surface area contributed by atoms with Crippen molar-refractivity contribution >= 4 is 32.9 Å². The van der Waals surface area contributed by atoms with E-state index in [4.69, 9.17) is 4.74 Å². The first kappa shape index (κ1) is 15.9. The number of carbonyl (C=O) groups is 1. The van der Waals surface area contributed by atoms with Crippen LogP contribution in [0.25, 0.3) is 10.9 Å². The summed E-state index contributed by atoms with van der Waals surface area (Å²) in [6.45, 7) is 8.16. The molecule has 4 nitrogen and oxygen atoms in total. The van der Waals surface area contributed by atoms with Gasteiger partial charge >= 0.3 is 6.09 Å². The third-order valence-corrected chi connectivity index (χ3v) is 3.79. The minimum absolute atomic E-state index is 0.376. The molecule has 0 saturated heterocycles. The van der Waals surface area contributed by atoms with E-state index >= 15 is 0 Å². The third kappa shape index (κ3) is 4.00. The zero-order valence-electron chi connectivity index (χ0n) is 12.8. The molecule has 2 aromatic rings. The van der Waals surface area contributed by atoms with Crippen LogP contribution in [0.15, 0.2) is 22.7 Å². The van der Waals surface area contributed by atoms with Crippen LogP contribution in [0.5, 0.6) is 0 Å². The zero-order chi connectivity index (χ0) is 15.6. The van der Waals surface area contributed by atoms with Gasteiger partial charge < -0.3 is 15.0 Å². The highest BCUT2D eigenvalue weighted by Crippen LogP contribution is 2.29. The summed E-state index contributed by atoms with van der Waals surface area (Å²) in [5, 5.41) is 3.98. The topological polar surface area (TPSA) is 54.1 Å². The van der Waals surface area contributed by atoms with E-state index < -0.39 is 5.60 Å². The van der Waals surface area contributed by atoms with Crippen LogP contribution < -0.4 is 5.32 Å². The first-order chi connectivity index (χ1) is 9.78. The maximum absolute atomic E-state index is 11.7. The highest BCUT2D eigenvalue weighted by Gasteiger charge is 2.16. The van der Waals surface area contributed by atoms with E-state index in [0.717, 1.165) is 22.1 Å². The number of benzene rings is 1. The van der Waals surface area contributed by atoms with Crippen molar-refractivity contribution in [1.82, 2.24) is 10.3 Å². The molecule has 0 bridgehead atoms. The summed E-state index contributed by atoms with van der Waals surface area (Å²) >= 11 is 3.59. The maximum Gasteiger partial charge on any atom is 0.407 e. The SMILES string of the molecule is Cc1[nH]c2cccc(Br)c2c1CCNC(=O)OC(C)(C)C. The third-order valence-electron chi connectivity index (χ3n) is 3.13. The molecule has 21 heavy (non-hydrogen) atoms. The monoisotopic (exact) mass is 352 g/mol. The molecule has 1 aromatic heterocycles. The molecule has 2 N–H and O–H groups in total. The molecule has 5 heteroatoms. The molecule has 1 amide bonds. The first-order valence-corrected chi connectivity index (χ1v) is 7.80. The maximum atomic E-state index is 11.7. The van der Waals surface area contributed by atoms with Gasteiger partial charge in [0.1, 0.15) is 5.60 Å². The quantitative estimate of drug-likeness (QED) is 0.864. The average molecular weight is 353 g/mol. The van der Waals surface area contributed by atoms with Crippen molar-refractivity contribution in [3.8, 4) is 0 Å². The molecule has 0 aliphatic rings. The number of fused-ring (bicyclic) bond motifs is 1. The van der Waals surface area contributed by atoms with Gasteiger partial charge in [-0.15, -0.1) is 0 Å².